The first-order chi connectivity index (χ1) is 1.73. The van der Waals surface area contributed by atoms with Crippen molar-refractivity contribution in [3.05, 3.63) is 0 Å². The van der Waals surface area contributed by atoms with E-state index < -0.39 is 0 Å². The van der Waals surface area contributed by atoms with Crippen LogP contribution >= 0.6 is 12.4 Å². The summed E-state index contributed by atoms with van der Waals surface area (Å²) in [6, 6.07) is 0. The van der Waals surface area contributed by atoms with Gasteiger partial charge < -0.3 is 0 Å². The van der Waals surface area contributed by atoms with Gasteiger partial charge in [0.1, 0.15) is 0 Å². The molecular weight excluding hydrogens is 165 g/mol. The standard InChI is InChI=1S/C2H6N.ClH.Zr/c1-3-2;;/h1-2H3;1H;/q-1;;+1. The largest absolute Gasteiger partial charge is 0.147 e. The molecule has 0 aromatic carbocycles. The average Bonchev–Trinajstić information content (AvgIpc) is 0.811. The van der Waals surface area contributed by atoms with Crippen molar-refractivity contribution in [2.75, 3.05) is 14.1 Å². The predicted octanol–water partition coefficient (Wildman–Crippen LogP) is 0.432. The SMILES string of the molecule is C[N](C)[Zr].Cl. The fourth-order valence-corrected chi connectivity index (χ4v) is 0. The van der Waals surface area contributed by atoms with Crippen LogP contribution in [-0.2, 0) is 25.0 Å². The van der Waals surface area contributed by atoms with Gasteiger partial charge >= 0.3 is 41.9 Å². The molecule has 0 radical (unpaired) electrons. The van der Waals surface area contributed by atoms with Crippen molar-refractivity contribution in [1.29, 1.82) is 0 Å². The summed E-state index contributed by atoms with van der Waals surface area (Å²) in [7, 11) is 4.08. The summed E-state index contributed by atoms with van der Waals surface area (Å²) in [5, 5.41) is 0. The Bertz CT molecular complexity index is 14.4. The number of hydrogen-bond donors (Lipinski definition) is 0. The van der Waals surface area contributed by atoms with Crippen LogP contribution in [0.25, 0.3) is 0 Å². The first-order valence-electron chi connectivity index (χ1n) is 1.12. The monoisotopic (exact) mass is 170 g/mol. The molecule has 31 valence electrons. The molecule has 0 bridgehead atoms. The third-order valence-electron chi connectivity index (χ3n) is 0. The van der Waals surface area contributed by atoms with Crippen LogP contribution in [0.3, 0.4) is 0 Å². The van der Waals surface area contributed by atoms with Crippen LogP contribution < -0.4 is 0 Å². The Morgan fingerprint density at radius 2 is 1.40 bits per heavy atom. The topological polar surface area (TPSA) is 3.24 Å². The summed E-state index contributed by atoms with van der Waals surface area (Å²) in [6.45, 7) is 0. The second kappa shape index (κ2) is 5.13. The summed E-state index contributed by atoms with van der Waals surface area (Å²) >= 11 is 1.47. The Kier molecular flexibility index (Phi) is 9.71. The fourth-order valence-electron chi connectivity index (χ4n) is 0. The van der Waals surface area contributed by atoms with Crippen molar-refractivity contribution >= 4 is 12.4 Å². The molecule has 0 aromatic heterocycles. The zero-order valence-corrected chi connectivity index (χ0v) is 6.63. The van der Waals surface area contributed by atoms with Crippen LogP contribution in [0.2, 0.25) is 0 Å². The summed E-state index contributed by atoms with van der Waals surface area (Å²) in [5.41, 5.74) is 0. The van der Waals surface area contributed by atoms with E-state index in [2.05, 4.69) is 2.84 Å². The Hall–Kier alpha value is 1.13. The maximum Gasteiger partial charge on any atom is -0.147 e. The second-order valence-corrected chi connectivity index (χ2v) is 3.09. The van der Waals surface area contributed by atoms with Gasteiger partial charge in [0.15, 0.2) is 0 Å². The molecule has 3 heteroatoms. The summed E-state index contributed by atoms with van der Waals surface area (Å²) in [5.74, 6) is 0. The molecule has 0 rings (SSSR count). The Morgan fingerprint density at radius 3 is 1.40 bits per heavy atom. The van der Waals surface area contributed by atoms with Gasteiger partial charge in [-0.05, 0) is 0 Å². The summed E-state index contributed by atoms with van der Waals surface area (Å²) in [4.78, 5) is 0. The summed E-state index contributed by atoms with van der Waals surface area (Å²) in [6.07, 6.45) is 0. The van der Waals surface area contributed by atoms with E-state index in [0.717, 1.165) is 0 Å². The molecule has 0 fully saturated rings. The quantitative estimate of drug-likeness (QED) is 0.511. The first kappa shape index (κ1) is 9.46. The van der Waals surface area contributed by atoms with Gasteiger partial charge in [0.2, 0.25) is 0 Å². The van der Waals surface area contributed by atoms with E-state index in [1.165, 1.54) is 25.0 Å². The van der Waals surface area contributed by atoms with E-state index in [9.17, 15) is 0 Å². The third kappa shape index (κ3) is 39.2. The molecule has 0 N–H and O–H groups in total. The molecule has 0 saturated heterocycles. The zero-order chi connectivity index (χ0) is 3.58. The molecular formula is C2H7ClNZr. The minimum atomic E-state index is 0. The zero-order valence-electron chi connectivity index (χ0n) is 3.36. The number of rotatable bonds is 0. The Labute approximate surface area is 54.4 Å². The number of halogens is 1. The van der Waals surface area contributed by atoms with Gasteiger partial charge in [-0.15, -0.1) is 12.4 Å². The van der Waals surface area contributed by atoms with Crippen LogP contribution in [0.5, 0.6) is 0 Å². The van der Waals surface area contributed by atoms with Gasteiger partial charge in [0.05, 0.1) is 0 Å². The van der Waals surface area contributed by atoms with Crippen LogP contribution in [0, 0.1) is 0 Å². The van der Waals surface area contributed by atoms with Gasteiger partial charge in [-0.25, -0.2) is 0 Å². The molecule has 5 heavy (non-hydrogen) atoms. The predicted molar refractivity (Wildman–Crippen MR) is 20.9 cm³/mol. The van der Waals surface area contributed by atoms with E-state index in [1.54, 1.807) is 0 Å². The smallest absolute Gasteiger partial charge is 0.147 e. The molecule has 0 aliphatic carbocycles. The fraction of sp³-hybridized carbons (Fsp3) is 1.00. The summed E-state index contributed by atoms with van der Waals surface area (Å²) < 4.78 is 2.09. The van der Waals surface area contributed by atoms with Crippen molar-refractivity contribution < 1.29 is 25.0 Å². The molecule has 0 unspecified atom stereocenters. The first-order valence-corrected chi connectivity index (χ1v) is 2.22. The van der Waals surface area contributed by atoms with E-state index in [4.69, 9.17) is 0 Å². The molecule has 0 heterocycles. The van der Waals surface area contributed by atoms with Crippen molar-refractivity contribution in [2.24, 2.45) is 0 Å². The normalized spacial score (nSPS) is 6.80. The van der Waals surface area contributed by atoms with Gasteiger partial charge in [-0.2, -0.15) is 0 Å². The van der Waals surface area contributed by atoms with Gasteiger partial charge in [0.25, 0.3) is 0 Å². The second-order valence-electron chi connectivity index (χ2n) is 0.894. The molecule has 0 aliphatic rings. The molecule has 0 aliphatic heterocycles. The van der Waals surface area contributed by atoms with Gasteiger partial charge in [0, 0.05) is 0 Å². The molecule has 0 amide bonds. The molecule has 0 saturated carbocycles. The molecule has 0 aromatic rings. The Morgan fingerprint density at radius 1 is 1.40 bits per heavy atom. The van der Waals surface area contributed by atoms with Crippen LogP contribution in [0.15, 0.2) is 0 Å². The van der Waals surface area contributed by atoms with Crippen molar-refractivity contribution in [1.82, 2.24) is 2.84 Å². The van der Waals surface area contributed by atoms with E-state index in [1.807, 2.05) is 14.1 Å². The minimum absolute atomic E-state index is 0. The van der Waals surface area contributed by atoms with Crippen molar-refractivity contribution in [2.45, 2.75) is 0 Å². The van der Waals surface area contributed by atoms with Crippen molar-refractivity contribution in [3.63, 3.8) is 0 Å². The molecule has 1 nitrogen and oxygen atoms in total. The van der Waals surface area contributed by atoms with Crippen molar-refractivity contribution in [3.8, 4) is 0 Å². The van der Waals surface area contributed by atoms with Crippen LogP contribution in [-0.4, -0.2) is 16.9 Å². The van der Waals surface area contributed by atoms with Crippen LogP contribution in [0.1, 0.15) is 0 Å². The molecule has 0 spiro atoms. The Balaban J connectivity index is 0. The van der Waals surface area contributed by atoms with E-state index in [-0.39, 0.29) is 12.4 Å². The van der Waals surface area contributed by atoms with Gasteiger partial charge in [-0.3, -0.25) is 0 Å². The minimum Gasteiger partial charge on any atom is -0.147 e. The van der Waals surface area contributed by atoms with E-state index >= 15 is 0 Å². The average molecular weight is 172 g/mol. The number of nitrogens with zero attached hydrogens (tertiary/aromatic N) is 1. The van der Waals surface area contributed by atoms with Crippen LogP contribution in [0.4, 0.5) is 0 Å². The number of hydrogen-bond acceptors (Lipinski definition) is 1. The molecule has 0 atom stereocenters. The maximum absolute atomic E-state index is 2.09. The van der Waals surface area contributed by atoms with E-state index in [0.29, 0.717) is 0 Å². The third-order valence-corrected chi connectivity index (χ3v) is 0. The van der Waals surface area contributed by atoms with Gasteiger partial charge in [-0.1, -0.05) is 0 Å². The maximum atomic E-state index is 2.09.